The fraction of sp³-hybridized carbons (Fsp3) is 0. The normalized spacial score (nSPS) is 12.2. The first-order chi connectivity index (χ1) is 23.7. The van der Waals surface area contributed by atoms with Crippen LogP contribution < -0.4 is 5.43 Å². The Morgan fingerprint density at radius 2 is 0.750 bits per heavy atom. The van der Waals surface area contributed by atoms with Crippen LogP contribution in [0.1, 0.15) is 0 Å². The van der Waals surface area contributed by atoms with Gasteiger partial charge in [-0.1, -0.05) is 72.8 Å². The topological polar surface area (TPSA) is 53.2 Å². The van der Waals surface area contributed by atoms with Gasteiger partial charge < -0.3 is 18.0 Å². The van der Waals surface area contributed by atoms with Crippen LogP contribution in [0.2, 0.25) is 0 Å². The summed E-state index contributed by atoms with van der Waals surface area (Å²) in [7, 11) is 0. The van der Waals surface area contributed by atoms with Gasteiger partial charge in [0.2, 0.25) is 5.43 Å². The third-order valence-electron chi connectivity index (χ3n) is 9.91. The highest BCUT2D eigenvalue weighted by atomic mass is 16.3. The van der Waals surface area contributed by atoms with Gasteiger partial charge in [-0.15, -0.1) is 0 Å². The van der Waals surface area contributed by atoms with Crippen LogP contribution in [0.15, 0.2) is 159 Å². The van der Waals surface area contributed by atoms with Crippen LogP contribution in [0.3, 0.4) is 0 Å². The average Bonchev–Trinajstić information content (AvgIpc) is 3.78. The van der Waals surface area contributed by atoms with Crippen molar-refractivity contribution in [3.05, 3.63) is 156 Å². The number of hydrogen-bond donors (Lipinski definition) is 0. The number of furan rings is 1. The van der Waals surface area contributed by atoms with E-state index in [0.29, 0.717) is 27.5 Å². The van der Waals surface area contributed by atoms with Gasteiger partial charge in [-0.25, -0.2) is 0 Å². The van der Waals surface area contributed by atoms with E-state index in [1.54, 1.807) is 0 Å². The number of fused-ring (bicyclic) bond motifs is 11. The number of aromatic nitrogens is 2. The first-order valence-corrected chi connectivity index (χ1v) is 16.1. The summed E-state index contributed by atoms with van der Waals surface area (Å²) >= 11 is 0. The number of rotatable bonds is 2. The van der Waals surface area contributed by atoms with Crippen LogP contribution in [-0.2, 0) is 0 Å². The molecule has 11 rings (SSSR count). The molecule has 5 heteroatoms. The number of para-hydroxylation sites is 4. The second kappa shape index (κ2) is 9.24. The van der Waals surface area contributed by atoms with Gasteiger partial charge in [0.05, 0.1) is 32.8 Å². The van der Waals surface area contributed by atoms with E-state index in [9.17, 15) is 4.79 Å². The molecule has 0 fully saturated rings. The molecule has 0 atom stereocenters. The standard InChI is InChI=1S/C43H24N2O3/c46-43-31-19-17-26(45-37-15-7-3-11-29(37)30-12-4-8-16-38(30)45)22-40(31)48-42-23-33-32-21-25(18-20-39(32)47-41(33)24-34(42)43)44-35-13-5-1-9-27(35)28-10-2-6-14-36(28)44/h1-24H. The Kier molecular flexibility index (Phi) is 4.93. The zero-order valence-corrected chi connectivity index (χ0v) is 25.5. The van der Waals surface area contributed by atoms with Gasteiger partial charge in [0.1, 0.15) is 22.3 Å². The highest BCUT2D eigenvalue weighted by Gasteiger charge is 2.18. The molecule has 0 spiro atoms. The lowest BCUT2D eigenvalue weighted by Gasteiger charge is -2.09. The van der Waals surface area contributed by atoms with Gasteiger partial charge in [0.25, 0.3) is 0 Å². The predicted molar refractivity (Wildman–Crippen MR) is 196 cm³/mol. The zero-order chi connectivity index (χ0) is 31.5. The molecule has 0 saturated carbocycles. The summed E-state index contributed by atoms with van der Waals surface area (Å²) in [5.74, 6) is 0. The molecule has 0 unspecified atom stereocenters. The Bertz CT molecular complexity index is 3100. The molecule has 0 N–H and O–H groups in total. The molecule has 224 valence electrons. The smallest absolute Gasteiger partial charge is 0.200 e. The summed E-state index contributed by atoms with van der Waals surface area (Å²) in [6.07, 6.45) is 0. The van der Waals surface area contributed by atoms with Gasteiger partial charge >= 0.3 is 0 Å². The number of nitrogens with zero attached hydrogens (tertiary/aromatic N) is 2. The minimum atomic E-state index is -0.0756. The maximum absolute atomic E-state index is 13.9. The number of benzene rings is 7. The van der Waals surface area contributed by atoms with Crippen molar-refractivity contribution in [1.82, 2.24) is 9.13 Å². The van der Waals surface area contributed by atoms with Crippen molar-refractivity contribution in [3.8, 4) is 11.4 Å². The minimum Gasteiger partial charge on any atom is -0.456 e. The summed E-state index contributed by atoms with van der Waals surface area (Å²) < 4.78 is 17.4. The Labute approximate surface area is 272 Å². The third-order valence-corrected chi connectivity index (χ3v) is 9.91. The highest BCUT2D eigenvalue weighted by Crippen LogP contribution is 2.38. The second-order valence-electron chi connectivity index (χ2n) is 12.5. The molecule has 0 bridgehead atoms. The largest absolute Gasteiger partial charge is 0.456 e. The summed E-state index contributed by atoms with van der Waals surface area (Å²) in [6, 6.07) is 49.7. The van der Waals surface area contributed by atoms with E-state index in [1.807, 2.05) is 36.4 Å². The maximum atomic E-state index is 13.9. The maximum Gasteiger partial charge on any atom is 0.200 e. The van der Waals surface area contributed by atoms with Crippen LogP contribution in [-0.4, -0.2) is 9.13 Å². The molecule has 48 heavy (non-hydrogen) atoms. The summed E-state index contributed by atoms with van der Waals surface area (Å²) in [4.78, 5) is 13.9. The Morgan fingerprint density at radius 3 is 1.33 bits per heavy atom. The lowest BCUT2D eigenvalue weighted by molar-refractivity contribution is 0.656. The summed E-state index contributed by atoms with van der Waals surface area (Å²) in [6.45, 7) is 0. The first-order valence-electron chi connectivity index (χ1n) is 16.1. The van der Waals surface area contributed by atoms with E-state index >= 15 is 0 Å². The van der Waals surface area contributed by atoms with Crippen molar-refractivity contribution in [2.24, 2.45) is 0 Å². The molecule has 0 saturated heterocycles. The van der Waals surface area contributed by atoms with Crippen LogP contribution in [0.5, 0.6) is 0 Å². The molecule has 5 nitrogen and oxygen atoms in total. The fourth-order valence-corrected chi connectivity index (χ4v) is 7.78. The van der Waals surface area contributed by atoms with Crippen molar-refractivity contribution < 1.29 is 8.83 Å². The Hall–Kier alpha value is -6.59. The van der Waals surface area contributed by atoms with E-state index in [1.165, 1.54) is 21.5 Å². The predicted octanol–water partition coefficient (Wildman–Crippen LogP) is 11.0. The van der Waals surface area contributed by atoms with Crippen molar-refractivity contribution >= 4 is 87.5 Å². The average molecular weight is 617 g/mol. The summed E-state index contributed by atoms with van der Waals surface area (Å²) in [5.41, 5.74) is 8.90. The van der Waals surface area contributed by atoms with Gasteiger partial charge in [-0.2, -0.15) is 0 Å². The van der Waals surface area contributed by atoms with E-state index in [2.05, 4.69) is 118 Å². The van der Waals surface area contributed by atoms with Gasteiger partial charge in [-0.05, 0) is 66.7 Å². The van der Waals surface area contributed by atoms with Crippen molar-refractivity contribution in [1.29, 1.82) is 0 Å². The molecular weight excluding hydrogens is 592 g/mol. The van der Waals surface area contributed by atoms with Crippen LogP contribution in [0.4, 0.5) is 0 Å². The van der Waals surface area contributed by atoms with Crippen LogP contribution in [0.25, 0.3) is 98.9 Å². The molecule has 0 radical (unpaired) electrons. The molecular formula is C43H24N2O3. The van der Waals surface area contributed by atoms with E-state index < -0.39 is 0 Å². The fourth-order valence-electron chi connectivity index (χ4n) is 7.78. The molecule has 0 aliphatic carbocycles. The van der Waals surface area contributed by atoms with Gasteiger partial charge in [0, 0.05) is 49.8 Å². The molecule has 11 aromatic rings. The van der Waals surface area contributed by atoms with Crippen molar-refractivity contribution in [2.75, 3.05) is 0 Å². The molecule has 0 aliphatic rings. The van der Waals surface area contributed by atoms with E-state index in [4.69, 9.17) is 8.83 Å². The molecule has 0 aliphatic heterocycles. The molecule has 4 aromatic heterocycles. The van der Waals surface area contributed by atoms with Crippen LogP contribution >= 0.6 is 0 Å². The first kappa shape index (κ1) is 25.6. The molecule has 7 aromatic carbocycles. The SMILES string of the molecule is O=c1c2ccc(-n3c4ccccc4c4ccccc43)cc2oc2cc3c(cc12)oc1ccc(-n2c4ccccc4c4ccccc42)cc13. The zero-order valence-electron chi connectivity index (χ0n) is 25.5. The van der Waals surface area contributed by atoms with Crippen LogP contribution in [0, 0.1) is 0 Å². The molecule has 4 heterocycles. The highest BCUT2D eigenvalue weighted by molar-refractivity contribution is 6.13. The van der Waals surface area contributed by atoms with Gasteiger partial charge in [0.15, 0.2) is 0 Å². The molecule has 0 amide bonds. The number of hydrogen-bond acceptors (Lipinski definition) is 3. The lowest BCUT2D eigenvalue weighted by atomic mass is 10.1. The van der Waals surface area contributed by atoms with E-state index in [-0.39, 0.29) is 5.43 Å². The van der Waals surface area contributed by atoms with Crippen molar-refractivity contribution in [3.63, 3.8) is 0 Å². The van der Waals surface area contributed by atoms with Crippen molar-refractivity contribution in [2.45, 2.75) is 0 Å². The lowest BCUT2D eigenvalue weighted by Crippen LogP contribution is -2.03. The third kappa shape index (κ3) is 3.37. The van der Waals surface area contributed by atoms with E-state index in [0.717, 1.165) is 49.8 Å². The minimum absolute atomic E-state index is 0.0756. The van der Waals surface area contributed by atoms with Gasteiger partial charge in [-0.3, -0.25) is 4.79 Å². The second-order valence-corrected chi connectivity index (χ2v) is 12.5. The quantitative estimate of drug-likeness (QED) is 0.182. The monoisotopic (exact) mass is 616 g/mol. The Balaban J connectivity index is 1.14. The summed E-state index contributed by atoms with van der Waals surface area (Å²) in [5, 5.41) is 7.70. The Morgan fingerprint density at radius 1 is 0.333 bits per heavy atom.